The molecule has 2 aromatic heterocycles. The van der Waals surface area contributed by atoms with E-state index >= 15 is 0 Å². The Morgan fingerprint density at radius 3 is 2.85 bits per heavy atom. The normalized spacial score (nSPS) is 25.4. The number of thiazole rings is 1. The third-order valence-corrected chi connectivity index (χ3v) is 6.08. The highest BCUT2D eigenvalue weighted by molar-refractivity contribution is 7.09. The van der Waals surface area contributed by atoms with Crippen molar-refractivity contribution in [2.45, 2.75) is 31.2 Å². The second kappa shape index (κ2) is 9.17. The summed E-state index contributed by atoms with van der Waals surface area (Å²) in [6.07, 6.45) is 9.05. The van der Waals surface area contributed by atoms with Gasteiger partial charge in [0.15, 0.2) is 0 Å². The van der Waals surface area contributed by atoms with Crippen molar-refractivity contribution in [3.8, 4) is 0 Å². The minimum Gasteiger partial charge on any atom is -0.333 e. The van der Waals surface area contributed by atoms with Gasteiger partial charge >= 0.3 is 0 Å². The number of likely N-dealkylation sites (tertiary alicyclic amines) is 1. The van der Waals surface area contributed by atoms with Gasteiger partial charge < -0.3 is 10.2 Å². The van der Waals surface area contributed by atoms with Crippen LogP contribution < -0.4 is 5.32 Å². The number of aryl methyl sites for hydroxylation is 1. The van der Waals surface area contributed by atoms with Gasteiger partial charge in [-0.2, -0.15) is 5.10 Å². The van der Waals surface area contributed by atoms with E-state index < -0.39 is 0 Å². The van der Waals surface area contributed by atoms with Crippen LogP contribution in [0, 0.1) is 5.92 Å². The van der Waals surface area contributed by atoms with E-state index in [0.29, 0.717) is 0 Å². The van der Waals surface area contributed by atoms with Crippen LogP contribution >= 0.6 is 36.2 Å². The molecular weight excluding hydrogens is 393 g/mol. The number of nitrogens with one attached hydrogen (secondary N) is 1. The van der Waals surface area contributed by atoms with Crippen molar-refractivity contribution in [3.05, 3.63) is 34.5 Å². The Kier molecular flexibility index (Phi) is 7.46. The first kappa shape index (κ1) is 21.2. The van der Waals surface area contributed by atoms with E-state index in [1.807, 2.05) is 35.7 Å². The van der Waals surface area contributed by atoms with Crippen molar-refractivity contribution in [1.82, 2.24) is 25.0 Å². The lowest BCUT2D eigenvalue weighted by molar-refractivity contribution is -0.139. The van der Waals surface area contributed by atoms with E-state index in [1.165, 1.54) is 6.42 Å². The molecule has 0 spiro atoms. The number of carbonyl (C=O) groups is 1. The van der Waals surface area contributed by atoms with E-state index in [4.69, 9.17) is 0 Å². The summed E-state index contributed by atoms with van der Waals surface area (Å²) < 4.78 is 1.81. The smallest absolute Gasteiger partial charge is 0.228 e. The standard InChI is InChI=1S/C17H23N5OS.2ClH/c1-21-11-12(8-20-21)13-9-18-10-14(13)17(23)22-6-3-2-4-15(22)16-19-5-7-24-16;;/h5,7-8,11,13-15,18H,2-4,6,9-10H2,1H3;2*1H/t13-,14+,15?;;/m1../s1. The fraction of sp³-hybridized carbons (Fsp3) is 0.588. The summed E-state index contributed by atoms with van der Waals surface area (Å²) in [5.74, 6) is 0.480. The predicted molar refractivity (Wildman–Crippen MR) is 107 cm³/mol. The van der Waals surface area contributed by atoms with Crippen molar-refractivity contribution in [2.75, 3.05) is 19.6 Å². The van der Waals surface area contributed by atoms with Crippen LogP contribution in [0.3, 0.4) is 0 Å². The van der Waals surface area contributed by atoms with Crippen LogP contribution in [0.1, 0.15) is 41.8 Å². The van der Waals surface area contributed by atoms with Crippen LogP contribution in [0.5, 0.6) is 0 Å². The third kappa shape index (κ3) is 4.06. The fourth-order valence-electron chi connectivity index (χ4n) is 3.98. The van der Waals surface area contributed by atoms with Crippen molar-refractivity contribution in [2.24, 2.45) is 13.0 Å². The molecule has 0 bridgehead atoms. The molecular formula is C17H25Cl2N5OS. The van der Waals surface area contributed by atoms with Gasteiger partial charge in [-0.25, -0.2) is 4.98 Å². The number of halogens is 2. The molecule has 0 radical (unpaired) electrons. The van der Waals surface area contributed by atoms with Gasteiger partial charge in [-0.05, 0) is 24.8 Å². The molecule has 2 saturated heterocycles. The van der Waals surface area contributed by atoms with E-state index in [0.717, 1.165) is 43.0 Å². The molecule has 1 amide bonds. The minimum atomic E-state index is -0.00485. The topological polar surface area (TPSA) is 63.1 Å². The van der Waals surface area contributed by atoms with Gasteiger partial charge in [-0.15, -0.1) is 36.2 Å². The number of carbonyl (C=O) groups excluding carboxylic acids is 1. The number of hydrogen-bond donors (Lipinski definition) is 1. The van der Waals surface area contributed by atoms with Crippen LogP contribution in [0.15, 0.2) is 24.0 Å². The summed E-state index contributed by atoms with van der Waals surface area (Å²) >= 11 is 1.66. The molecule has 144 valence electrons. The first-order valence-corrected chi connectivity index (χ1v) is 9.51. The Hall–Kier alpha value is -1.15. The third-order valence-electron chi connectivity index (χ3n) is 5.21. The molecule has 1 N–H and O–H groups in total. The molecule has 6 nitrogen and oxygen atoms in total. The van der Waals surface area contributed by atoms with Crippen LogP contribution in [-0.4, -0.2) is 45.2 Å². The number of amides is 1. The van der Waals surface area contributed by atoms with Crippen molar-refractivity contribution in [3.63, 3.8) is 0 Å². The number of piperidine rings is 1. The summed E-state index contributed by atoms with van der Waals surface area (Å²) in [7, 11) is 1.92. The molecule has 26 heavy (non-hydrogen) atoms. The maximum atomic E-state index is 13.3. The van der Waals surface area contributed by atoms with Crippen LogP contribution in [0.4, 0.5) is 0 Å². The lowest BCUT2D eigenvalue weighted by atomic mass is 9.88. The molecule has 4 rings (SSSR count). The number of rotatable bonds is 3. The van der Waals surface area contributed by atoms with Crippen molar-refractivity contribution < 1.29 is 4.79 Å². The monoisotopic (exact) mass is 417 g/mol. The summed E-state index contributed by atoms with van der Waals surface area (Å²) in [6, 6.07) is 0.154. The molecule has 2 aliphatic rings. The first-order valence-electron chi connectivity index (χ1n) is 8.63. The Balaban J connectivity index is 0.00000121. The summed E-state index contributed by atoms with van der Waals surface area (Å²) in [6.45, 7) is 2.44. The molecule has 0 saturated carbocycles. The average Bonchev–Trinajstić information content (AvgIpc) is 3.35. The Morgan fingerprint density at radius 2 is 2.15 bits per heavy atom. The average molecular weight is 418 g/mol. The van der Waals surface area contributed by atoms with Crippen LogP contribution in [0.25, 0.3) is 0 Å². The molecule has 2 aliphatic heterocycles. The highest BCUT2D eigenvalue weighted by Crippen LogP contribution is 2.36. The van der Waals surface area contributed by atoms with E-state index in [-0.39, 0.29) is 48.6 Å². The van der Waals surface area contributed by atoms with Crippen LogP contribution in [-0.2, 0) is 11.8 Å². The molecule has 0 aliphatic carbocycles. The maximum absolute atomic E-state index is 13.3. The summed E-state index contributed by atoms with van der Waals surface area (Å²) in [5, 5.41) is 10.8. The molecule has 0 aromatic carbocycles. The summed E-state index contributed by atoms with van der Waals surface area (Å²) in [5.41, 5.74) is 1.16. The zero-order valence-electron chi connectivity index (χ0n) is 14.7. The van der Waals surface area contributed by atoms with Gasteiger partial charge in [0.05, 0.1) is 18.2 Å². The zero-order chi connectivity index (χ0) is 16.5. The number of aromatic nitrogens is 3. The molecule has 9 heteroatoms. The molecule has 1 unspecified atom stereocenters. The highest BCUT2D eigenvalue weighted by Gasteiger charge is 2.40. The van der Waals surface area contributed by atoms with Gasteiger partial charge in [0.2, 0.25) is 5.91 Å². The van der Waals surface area contributed by atoms with Gasteiger partial charge in [0, 0.05) is 50.4 Å². The van der Waals surface area contributed by atoms with E-state index in [2.05, 4.69) is 20.3 Å². The predicted octanol–water partition coefficient (Wildman–Crippen LogP) is 2.78. The Morgan fingerprint density at radius 1 is 1.31 bits per heavy atom. The maximum Gasteiger partial charge on any atom is 0.228 e. The second-order valence-corrected chi connectivity index (χ2v) is 7.66. The van der Waals surface area contributed by atoms with Gasteiger partial charge in [0.1, 0.15) is 5.01 Å². The van der Waals surface area contributed by atoms with Crippen LogP contribution in [0.2, 0.25) is 0 Å². The molecule has 3 atom stereocenters. The molecule has 2 aromatic rings. The van der Waals surface area contributed by atoms with Crippen molar-refractivity contribution >= 4 is 42.1 Å². The summed E-state index contributed by atoms with van der Waals surface area (Å²) in [4.78, 5) is 19.9. The molecule has 2 fully saturated rings. The van der Waals surface area contributed by atoms with E-state index in [9.17, 15) is 4.79 Å². The lowest BCUT2D eigenvalue weighted by Gasteiger charge is -2.37. The second-order valence-electron chi connectivity index (χ2n) is 6.73. The lowest BCUT2D eigenvalue weighted by Crippen LogP contribution is -2.43. The van der Waals surface area contributed by atoms with Gasteiger partial charge in [-0.1, -0.05) is 0 Å². The highest BCUT2D eigenvalue weighted by atomic mass is 35.5. The van der Waals surface area contributed by atoms with Crippen molar-refractivity contribution in [1.29, 1.82) is 0 Å². The minimum absolute atomic E-state index is 0. The number of nitrogens with zero attached hydrogens (tertiary/aromatic N) is 4. The molecule has 4 heterocycles. The van der Waals surface area contributed by atoms with E-state index in [1.54, 1.807) is 11.3 Å². The van der Waals surface area contributed by atoms with Gasteiger partial charge in [0.25, 0.3) is 0 Å². The first-order chi connectivity index (χ1) is 11.7. The van der Waals surface area contributed by atoms with Gasteiger partial charge in [-0.3, -0.25) is 9.48 Å². The largest absolute Gasteiger partial charge is 0.333 e. The zero-order valence-corrected chi connectivity index (χ0v) is 17.2. The SMILES string of the molecule is Cl.Cl.Cn1cc([C@H]2CNC[C@@H]2C(=O)N2CCCCC2c2nccs2)cn1. The number of hydrogen-bond acceptors (Lipinski definition) is 5. The Bertz CT molecular complexity index is 708. The Labute approximate surface area is 170 Å². The fourth-order valence-corrected chi connectivity index (χ4v) is 4.77. The quantitative estimate of drug-likeness (QED) is 0.833.